The van der Waals surface area contributed by atoms with Crippen molar-refractivity contribution in [3.8, 4) is 0 Å². The number of nitrogens with one attached hydrogen (secondary N) is 2. The molecule has 4 heteroatoms. The van der Waals surface area contributed by atoms with E-state index in [-0.39, 0.29) is 23.8 Å². The molecule has 21 heavy (non-hydrogen) atoms. The van der Waals surface area contributed by atoms with Crippen LogP contribution in [0.4, 0.5) is 0 Å². The van der Waals surface area contributed by atoms with E-state index in [0.29, 0.717) is 0 Å². The Morgan fingerprint density at radius 2 is 2.05 bits per heavy atom. The lowest BCUT2D eigenvalue weighted by molar-refractivity contribution is -0.124. The molecule has 1 heterocycles. The summed E-state index contributed by atoms with van der Waals surface area (Å²) < 4.78 is 0. The average molecular weight is 290 g/mol. The van der Waals surface area contributed by atoms with Crippen molar-refractivity contribution in [3.05, 3.63) is 35.4 Å². The van der Waals surface area contributed by atoms with Crippen LogP contribution in [0.5, 0.6) is 0 Å². The third-order valence-electron chi connectivity index (χ3n) is 4.06. The molecule has 4 nitrogen and oxygen atoms in total. The van der Waals surface area contributed by atoms with E-state index >= 15 is 0 Å². The standard InChI is InChI=1S/C17H26N2O2/c1-17(2,3)14-6-4-12(5-7-14)15(20)11-19-16(21)13-8-9-18-10-13/h4-7,13,15,18,20H,8-11H2,1-3H3,(H,19,21). The van der Waals surface area contributed by atoms with Crippen molar-refractivity contribution in [2.24, 2.45) is 5.92 Å². The number of benzene rings is 1. The van der Waals surface area contributed by atoms with Crippen LogP contribution in [-0.2, 0) is 10.2 Å². The van der Waals surface area contributed by atoms with Gasteiger partial charge in [-0.3, -0.25) is 4.79 Å². The zero-order chi connectivity index (χ0) is 15.5. The Labute approximate surface area is 126 Å². The van der Waals surface area contributed by atoms with Crippen LogP contribution in [0.2, 0.25) is 0 Å². The molecule has 2 rings (SSSR count). The minimum Gasteiger partial charge on any atom is -0.387 e. The first-order chi connectivity index (χ1) is 9.88. The maximum Gasteiger partial charge on any atom is 0.224 e. The highest BCUT2D eigenvalue weighted by molar-refractivity contribution is 5.79. The van der Waals surface area contributed by atoms with Crippen LogP contribution in [0.3, 0.4) is 0 Å². The van der Waals surface area contributed by atoms with Crippen LogP contribution in [0.15, 0.2) is 24.3 Å². The monoisotopic (exact) mass is 290 g/mol. The van der Waals surface area contributed by atoms with Gasteiger partial charge >= 0.3 is 0 Å². The lowest BCUT2D eigenvalue weighted by atomic mass is 9.86. The molecule has 0 saturated carbocycles. The van der Waals surface area contributed by atoms with E-state index in [1.165, 1.54) is 5.56 Å². The molecule has 1 aliphatic rings. The van der Waals surface area contributed by atoms with Crippen molar-refractivity contribution >= 4 is 5.91 Å². The second-order valence-electron chi connectivity index (χ2n) is 6.82. The highest BCUT2D eigenvalue weighted by atomic mass is 16.3. The topological polar surface area (TPSA) is 61.4 Å². The molecule has 0 aliphatic carbocycles. The summed E-state index contributed by atoms with van der Waals surface area (Å²) in [5, 5.41) is 16.2. The molecule has 1 aromatic rings. The van der Waals surface area contributed by atoms with Crippen molar-refractivity contribution in [3.63, 3.8) is 0 Å². The van der Waals surface area contributed by atoms with Gasteiger partial charge in [-0.25, -0.2) is 0 Å². The molecular weight excluding hydrogens is 264 g/mol. The first kappa shape index (κ1) is 16.0. The lowest BCUT2D eigenvalue weighted by Crippen LogP contribution is -2.34. The molecule has 1 fully saturated rings. The predicted molar refractivity (Wildman–Crippen MR) is 84.1 cm³/mol. The van der Waals surface area contributed by atoms with Gasteiger partial charge in [0.05, 0.1) is 12.0 Å². The molecular formula is C17H26N2O2. The second-order valence-corrected chi connectivity index (χ2v) is 6.82. The molecule has 116 valence electrons. The minimum atomic E-state index is -0.655. The third kappa shape index (κ3) is 4.29. The van der Waals surface area contributed by atoms with E-state index in [9.17, 15) is 9.90 Å². The summed E-state index contributed by atoms with van der Waals surface area (Å²) in [4.78, 5) is 11.9. The van der Waals surface area contributed by atoms with Gasteiger partial charge in [0, 0.05) is 13.1 Å². The van der Waals surface area contributed by atoms with Crippen LogP contribution in [0, 0.1) is 5.92 Å². The Hall–Kier alpha value is -1.39. The van der Waals surface area contributed by atoms with E-state index in [4.69, 9.17) is 0 Å². The summed E-state index contributed by atoms with van der Waals surface area (Å²) in [6, 6.07) is 7.96. The normalized spacial score (nSPS) is 20.3. The number of aliphatic hydroxyl groups excluding tert-OH is 1. The molecule has 0 aromatic heterocycles. The number of hydrogen-bond acceptors (Lipinski definition) is 3. The average Bonchev–Trinajstić information content (AvgIpc) is 2.98. The molecule has 2 atom stereocenters. The number of rotatable bonds is 4. The summed E-state index contributed by atoms with van der Waals surface area (Å²) in [6.45, 7) is 8.39. The molecule has 1 aliphatic heterocycles. The molecule has 0 bridgehead atoms. The molecule has 0 spiro atoms. The number of aliphatic hydroxyl groups is 1. The molecule has 1 saturated heterocycles. The van der Waals surface area contributed by atoms with E-state index in [1.807, 2.05) is 24.3 Å². The summed E-state index contributed by atoms with van der Waals surface area (Å²) in [7, 11) is 0. The summed E-state index contributed by atoms with van der Waals surface area (Å²) in [5.41, 5.74) is 2.18. The first-order valence-corrected chi connectivity index (χ1v) is 7.65. The Balaban J connectivity index is 1.88. The van der Waals surface area contributed by atoms with Gasteiger partial charge in [-0.1, -0.05) is 45.0 Å². The SMILES string of the molecule is CC(C)(C)c1ccc(C(O)CNC(=O)C2CCNC2)cc1. The summed E-state index contributed by atoms with van der Waals surface area (Å²) >= 11 is 0. The van der Waals surface area contributed by atoms with Gasteiger partial charge in [-0.2, -0.15) is 0 Å². The minimum absolute atomic E-state index is 0.0327. The van der Waals surface area contributed by atoms with Crippen molar-refractivity contribution in [1.82, 2.24) is 10.6 Å². The molecule has 1 amide bonds. The highest BCUT2D eigenvalue weighted by Crippen LogP contribution is 2.23. The first-order valence-electron chi connectivity index (χ1n) is 7.65. The second kappa shape index (κ2) is 6.58. The summed E-state index contributed by atoms with van der Waals surface area (Å²) in [6.07, 6.45) is 0.222. The maximum atomic E-state index is 11.9. The van der Waals surface area contributed by atoms with Gasteiger partial charge in [0.1, 0.15) is 0 Å². The molecule has 3 N–H and O–H groups in total. The highest BCUT2D eigenvalue weighted by Gasteiger charge is 2.22. The third-order valence-corrected chi connectivity index (χ3v) is 4.06. The van der Waals surface area contributed by atoms with Crippen LogP contribution in [0.1, 0.15) is 44.4 Å². The largest absolute Gasteiger partial charge is 0.387 e. The fraction of sp³-hybridized carbons (Fsp3) is 0.588. The van der Waals surface area contributed by atoms with Crippen LogP contribution < -0.4 is 10.6 Å². The van der Waals surface area contributed by atoms with Crippen molar-refractivity contribution < 1.29 is 9.90 Å². The molecule has 1 aromatic carbocycles. The van der Waals surface area contributed by atoms with Gasteiger partial charge in [0.2, 0.25) is 5.91 Å². The predicted octanol–water partition coefficient (Wildman–Crippen LogP) is 1.74. The molecule has 2 unspecified atom stereocenters. The number of amides is 1. The quantitative estimate of drug-likeness (QED) is 0.791. The number of carbonyl (C=O) groups excluding carboxylic acids is 1. The Morgan fingerprint density at radius 3 is 2.57 bits per heavy atom. The fourth-order valence-electron chi connectivity index (χ4n) is 2.54. The van der Waals surface area contributed by atoms with Gasteiger partial charge < -0.3 is 15.7 Å². The lowest BCUT2D eigenvalue weighted by Gasteiger charge is -2.20. The zero-order valence-corrected chi connectivity index (χ0v) is 13.1. The zero-order valence-electron chi connectivity index (χ0n) is 13.1. The van der Waals surface area contributed by atoms with Gasteiger partial charge in [0.25, 0.3) is 0 Å². The van der Waals surface area contributed by atoms with E-state index in [0.717, 1.165) is 25.1 Å². The number of carbonyl (C=O) groups is 1. The smallest absolute Gasteiger partial charge is 0.224 e. The van der Waals surface area contributed by atoms with Gasteiger partial charge in [0.15, 0.2) is 0 Å². The van der Waals surface area contributed by atoms with E-state index < -0.39 is 6.10 Å². The van der Waals surface area contributed by atoms with Crippen LogP contribution in [0.25, 0.3) is 0 Å². The van der Waals surface area contributed by atoms with Crippen molar-refractivity contribution in [1.29, 1.82) is 0 Å². The molecule has 0 radical (unpaired) electrons. The summed E-state index contributed by atoms with van der Waals surface area (Å²) in [5.74, 6) is 0.0748. The Bertz CT molecular complexity index is 471. The van der Waals surface area contributed by atoms with Crippen molar-refractivity contribution in [2.45, 2.75) is 38.7 Å². The fourth-order valence-corrected chi connectivity index (χ4v) is 2.54. The maximum absolute atomic E-state index is 11.9. The Morgan fingerprint density at radius 1 is 1.38 bits per heavy atom. The van der Waals surface area contributed by atoms with Crippen molar-refractivity contribution in [2.75, 3.05) is 19.6 Å². The van der Waals surface area contributed by atoms with E-state index in [1.54, 1.807) is 0 Å². The van der Waals surface area contributed by atoms with Crippen LogP contribution >= 0.6 is 0 Å². The van der Waals surface area contributed by atoms with E-state index in [2.05, 4.69) is 31.4 Å². The van der Waals surface area contributed by atoms with Gasteiger partial charge in [-0.05, 0) is 29.5 Å². The number of hydrogen-bond donors (Lipinski definition) is 3. The van der Waals surface area contributed by atoms with Gasteiger partial charge in [-0.15, -0.1) is 0 Å². The van der Waals surface area contributed by atoms with Crippen LogP contribution in [-0.4, -0.2) is 30.6 Å². The Kier molecular flexibility index (Phi) is 5.01.